The number of nitrogens with zero attached hydrogens (tertiary/aromatic N) is 1. The number of aryl methyl sites for hydroxylation is 1. The van der Waals surface area contributed by atoms with E-state index in [-0.39, 0.29) is 5.56 Å². The highest BCUT2D eigenvalue weighted by Gasteiger charge is 2.16. The smallest absolute Gasteiger partial charge is 0.254 e. The molecule has 0 bridgehead atoms. The molecular weight excluding hydrogens is 247 g/mol. The van der Waals surface area contributed by atoms with Gasteiger partial charge in [0.25, 0.3) is 5.91 Å². The van der Waals surface area contributed by atoms with Gasteiger partial charge in [0.2, 0.25) is 5.43 Å². The third-order valence-electron chi connectivity index (χ3n) is 3.06. The Hall–Kier alpha value is -2.43. The molecule has 0 fully saturated rings. The Bertz CT molecular complexity index is 720. The molecule has 98 valence electrons. The molecule has 0 atom stereocenters. The third-order valence-corrected chi connectivity index (χ3v) is 3.06. The topological polar surface area (TPSA) is 65.1 Å². The molecule has 0 saturated carbocycles. The van der Waals surface area contributed by atoms with Gasteiger partial charge in [-0.3, -0.25) is 9.59 Å². The van der Waals surface area contributed by atoms with Crippen molar-refractivity contribution in [2.45, 2.75) is 6.92 Å². The van der Waals surface area contributed by atoms with Gasteiger partial charge in [-0.05, 0) is 24.6 Å². The fourth-order valence-electron chi connectivity index (χ4n) is 1.98. The lowest BCUT2D eigenvalue weighted by Crippen LogP contribution is -2.25. The molecule has 1 heterocycles. The lowest BCUT2D eigenvalue weighted by molar-refractivity contribution is 0.0998. The summed E-state index contributed by atoms with van der Waals surface area (Å²) in [6.45, 7) is 1.73. The van der Waals surface area contributed by atoms with Crippen molar-refractivity contribution in [1.29, 1.82) is 0 Å². The normalized spacial score (nSPS) is 10.5. The second-order valence-corrected chi connectivity index (χ2v) is 4.32. The van der Waals surface area contributed by atoms with Gasteiger partial charge in [0.1, 0.15) is 11.4 Å². The van der Waals surface area contributed by atoms with Crippen LogP contribution in [-0.4, -0.2) is 10.5 Å². The zero-order valence-electron chi connectivity index (χ0n) is 10.6. The SMILES string of the molecule is Cc1c(-c2cccc(F)c2)c(=O)c(C(N)=O)cn1C. The standard InChI is InChI=1S/C14H13FN2O2/c1-8-12(9-4-3-5-10(15)6-9)13(18)11(14(16)19)7-17(8)2/h3-7H,1-2H3,(H2,16,19). The number of hydrogen-bond donors (Lipinski definition) is 1. The number of aromatic nitrogens is 1. The van der Waals surface area contributed by atoms with Crippen molar-refractivity contribution >= 4 is 5.91 Å². The van der Waals surface area contributed by atoms with Crippen molar-refractivity contribution in [2.75, 3.05) is 0 Å². The lowest BCUT2D eigenvalue weighted by Gasteiger charge is -2.12. The van der Waals surface area contributed by atoms with Crippen LogP contribution in [0.5, 0.6) is 0 Å². The van der Waals surface area contributed by atoms with E-state index in [2.05, 4.69) is 0 Å². The van der Waals surface area contributed by atoms with E-state index < -0.39 is 17.2 Å². The summed E-state index contributed by atoms with van der Waals surface area (Å²) in [5.41, 5.74) is 5.96. The fraction of sp³-hybridized carbons (Fsp3) is 0.143. The van der Waals surface area contributed by atoms with Crippen LogP contribution in [-0.2, 0) is 7.05 Å². The summed E-state index contributed by atoms with van der Waals surface area (Å²) < 4.78 is 14.9. The van der Waals surface area contributed by atoms with Gasteiger partial charge >= 0.3 is 0 Å². The number of primary amides is 1. The number of halogens is 1. The van der Waals surface area contributed by atoms with Gasteiger partial charge in [-0.25, -0.2) is 4.39 Å². The first-order valence-corrected chi connectivity index (χ1v) is 5.67. The van der Waals surface area contributed by atoms with Crippen molar-refractivity contribution in [3.63, 3.8) is 0 Å². The van der Waals surface area contributed by atoms with Gasteiger partial charge < -0.3 is 10.3 Å². The number of benzene rings is 1. The molecule has 2 rings (SSSR count). The zero-order chi connectivity index (χ0) is 14.2. The maximum Gasteiger partial charge on any atom is 0.254 e. The molecule has 5 heteroatoms. The average Bonchev–Trinajstić information content (AvgIpc) is 2.34. The predicted molar refractivity (Wildman–Crippen MR) is 70.3 cm³/mol. The molecule has 1 aromatic heterocycles. The summed E-state index contributed by atoms with van der Waals surface area (Å²) in [7, 11) is 1.70. The Labute approximate surface area is 109 Å². The predicted octanol–water partition coefficient (Wildman–Crippen LogP) is 1.60. The van der Waals surface area contributed by atoms with E-state index in [1.807, 2.05) is 0 Å². The number of nitrogens with two attached hydrogens (primary N) is 1. The van der Waals surface area contributed by atoms with Crippen LogP contribution in [0.2, 0.25) is 0 Å². The Balaban J connectivity index is 2.83. The van der Waals surface area contributed by atoms with Crippen LogP contribution in [0.3, 0.4) is 0 Å². The quantitative estimate of drug-likeness (QED) is 0.891. The minimum Gasteiger partial charge on any atom is -0.365 e. The van der Waals surface area contributed by atoms with E-state index in [0.29, 0.717) is 16.8 Å². The maximum absolute atomic E-state index is 13.3. The zero-order valence-corrected chi connectivity index (χ0v) is 10.6. The summed E-state index contributed by atoms with van der Waals surface area (Å²) in [5.74, 6) is -1.23. The molecule has 4 nitrogen and oxygen atoms in total. The lowest BCUT2D eigenvalue weighted by atomic mass is 10.0. The first-order chi connectivity index (χ1) is 8.91. The highest BCUT2D eigenvalue weighted by Crippen LogP contribution is 2.20. The van der Waals surface area contributed by atoms with Crippen LogP contribution in [0.4, 0.5) is 4.39 Å². The van der Waals surface area contributed by atoms with Gasteiger partial charge in [-0.1, -0.05) is 12.1 Å². The number of amides is 1. The molecule has 19 heavy (non-hydrogen) atoms. The number of carbonyl (C=O) groups excluding carboxylic acids is 1. The number of rotatable bonds is 2. The Morgan fingerprint density at radius 1 is 1.37 bits per heavy atom. The van der Waals surface area contributed by atoms with Crippen molar-refractivity contribution < 1.29 is 9.18 Å². The van der Waals surface area contributed by atoms with Crippen molar-refractivity contribution in [3.8, 4) is 11.1 Å². The van der Waals surface area contributed by atoms with E-state index in [0.717, 1.165) is 0 Å². The summed E-state index contributed by atoms with van der Waals surface area (Å²) in [6.07, 6.45) is 1.39. The molecule has 2 aromatic rings. The maximum atomic E-state index is 13.3. The molecule has 1 amide bonds. The summed E-state index contributed by atoms with van der Waals surface area (Å²) in [5, 5.41) is 0. The monoisotopic (exact) mass is 260 g/mol. The van der Waals surface area contributed by atoms with Gasteiger partial charge in [-0.15, -0.1) is 0 Å². The average molecular weight is 260 g/mol. The van der Waals surface area contributed by atoms with E-state index in [9.17, 15) is 14.0 Å². The molecule has 0 radical (unpaired) electrons. The van der Waals surface area contributed by atoms with Crippen LogP contribution in [0.25, 0.3) is 11.1 Å². The molecule has 2 N–H and O–H groups in total. The van der Waals surface area contributed by atoms with Crippen molar-refractivity contribution in [1.82, 2.24) is 4.57 Å². The largest absolute Gasteiger partial charge is 0.365 e. The molecule has 0 unspecified atom stereocenters. The van der Waals surface area contributed by atoms with Crippen LogP contribution in [0, 0.1) is 12.7 Å². The van der Waals surface area contributed by atoms with Crippen LogP contribution >= 0.6 is 0 Å². The van der Waals surface area contributed by atoms with Crippen LogP contribution in [0.15, 0.2) is 35.3 Å². The second kappa shape index (κ2) is 4.68. The molecule has 1 aromatic carbocycles. The Morgan fingerprint density at radius 3 is 2.63 bits per heavy atom. The van der Waals surface area contributed by atoms with E-state index in [1.54, 1.807) is 24.6 Å². The second-order valence-electron chi connectivity index (χ2n) is 4.32. The van der Waals surface area contributed by atoms with E-state index >= 15 is 0 Å². The summed E-state index contributed by atoms with van der Waals surface area (Å²) in [6, 6.07) is 5.69. The van der Waals surface area contributed by atoms with Crippen LogP contribution in [0.1, 0.15) is 16.1 Å². The van der Waals surface area contributed by atoms with Gasteiger partial charge in [0.15, 0.2) is 0 Å². The first-order valence-electron chi connectivity index (χ1n) is 5.67. The van der Waals surface area contributed by atoms with Gasteiger partial charge in [-0.2, -0.15) is 0 Å². The molecule has 0 aliphatic carbocycles. The molecule has 0 saturated heterocycles. The highest BCUT2D eigenvalue weighted by molar-refractivity contribution is 5.93. The molecule has 0 spiro atoms. The fourth-order valence-corrected chi connectivity index (χ4v) is 1.98. The third kappa shape index (κ3) is 2.27. The molecule has 0 aliphatic heterocycles. The van der Waals surface area contributed by atoms with Crippen molar-refractivity contribution in [2.24, 2.45) is 12.8 Å². The van der Waals surface area contributed by atoms with Gasteiger partial charge in [0, 0.05) is 24.5 Å². The minimum absolute atomic E-state index is 0.104. The number of carbonyl (C=O) groups is 1. The van der Waals surface area contributed by atoms with E-state index in [4.69, 9.17) is 5.73 Å². The van der Waals surface area contributed by atoms with E-state index in [1.165, 1.54) is 24.4 Å². The highest BCUT2D eigenvalue weighted by atomic mass is 19.1. The minimum atomic E-state index is -0.793. The molecule has 0 aliphatic rings. The van der Waals surface area contributed by atoms with Gasteiger partial charge in [0.05, 0.1) is 0 Å². The summed E-state index contributed by atoms with van der Waals surface area (Å²) >= 11 is 0. The Morgan fingerprint density at radius 2 is 2.05 bits per heavy atom. The summed E-state index contributed by atoms with van der Waals surface area (Å²) in [4.78, 5) is 23.5. The Kier molecular flexibility index (Phi) is 3.21. The number of pyridine rings is 1. The first kappa shape index (κ1) is 13.0. The molecular formula is C14H13FN2O2. The van der Waals surface area contributed by atoms with Crippen molar-refractivity contribution in [3.05, 3.63) is 57.8 Å². The van der Waals surface area contributed by atoms with Crippen LogP contribution < -0.4 is 11.2 Å². The number of hydrogen-bond acceptors (Lipinski definition) is 2.